The first kappa shape index (κ1) is 21.0. The quantitative estimate of drug-likeness (QED) is 0.383. The third-order valence-corrected chi connectivity index (χ3v) is 5.56. The Kier molecular flexibility index (Phi) is 6.92. The van der Waals surface area contributed by atoms with Crippen LogP contribution in [-0.4, -0.2) is 47.3 Å². The van der Waals surface area contributed by atoms with Gasteiger partial charge in [-0.15, -0.1) is 24.0 Å². The van der Waals surface area contributed by atoms with Crippen molar-refractivity contribution in [2.45, 2.75) is 25.9 Å². The maximum atomic E-state index is 6.28. The van der Waals surface area contributed by atoms with Gasteiger partial charge in [0, 0.05) is 39.1 Å². The molecule has 4 rings (SSSR count). The molecule has 2 aromatic rings. The molecule has 0 spiro atoms. The van der Waals surface area contributed by atoms with E-state index in [9.17, 15) is 0 Å². The SMILES string of the molecule is CN=C(NCc1cc(Cl)c2c(c1)OCO2)N1CCC(C)C(n2ccnc2)C1.I. The molecule has 2 aliphatic rings. The molecule has 2 unspecified atom stereocenters. The van der Waals surface area contributed by atoms with Gasteiger partial charge in [0.05, 0.1) is 17.4 Å². The van der Waals surface area contributed by atoms with Gasteiger partial charge in [0.2, 0.25) is 6.79 Å². The summed E-state index contributed by atoms with van der Waals surface area (Å²) >= 11 is 6.28. The van der Waals surface area contributed by atoms with E-state index in [4.69, 9.17) is 21.1 Å². The van der Waals surface area contributed by atoms with Gasteiger partial charge in [0.25, 0.3) is 0 Å². The normalized spacial score (nSPS) is 21.4. The van der Waals surface area contributed by atoms with Crippen molar-refractivity contribution in [2.75, 3.05) is 26.9 Å². The zero-order valence-corrected chi connectivity index (χ0v) is 19.1. The van der Waals surface area contributed by atoms with Gasteiger partial charge in [-0.2, -0.15) is 0 Å². The molecule has 0 bridgehead atoms. The van der Waals surface area contributed by atoms with Crippen molar-refractivity contribution in [3.8, 4) is 11.5 Å². The van der Waals surface area contributed by atoms with Crippen LogP contribution in [0, 0.1) is 5.92 Å². The van der Waals surface area contributed by atoms with E-state index in [0.29, 0.717) is 35.0 Å². The van der Waals surface area contributed by atoms with Gasteiger partial charge in [0.15, 0.2) is 17.5 Å². The molecule has 0 radical (unpaired) electrons. The number of fused-ring (bicyclic) bond motifs is 1. The highest BCUT2D eigenvalue weighted by Crippen LogP contribution is 2.39. The summed E-state index contributed by atoms with van der Waals surface area (Å²) in [5, 5.41) is 4.02. The summed E-state index contributed by atoms with van der Waals surface area (Å²) in [5.41, 5.74) is 1.03. The third kappa shape index (κ3) is 4.32. The van der Waals surface area contributed by atoms with Crippen LogP contribution >= 0.6 is 35.6 Å². The van der Waals surface area contributed by atoms with Crippen LogP contribution in [0.2, 0.25) is 5.02 Å². The van der Waals surface area contributed by atoms with Crippen LogP contribution in [0.3, 0.4) is 0 Å². The molecule has 2 aliphatic heterocycles. The fraction of sp³-hybridized carbons (Fsp3) is 0.474. The van der Waals surface area contributed by atoms with E-state index in [1.54, 1.807) is 0 Å². The average Bonchev–Trinajstić information content (AvgIpc) is 3.35. The molecule has 3 heterocycles. The van der Waals surface area contributed by atoms with Crippen molar-refractivity contribution >= 4 is 41.5 Å². The zero-order chi connectivity index (χ0) is 18.8. The number of nitrogens with one attached hydrogen (secondary N) is 1. The number of imidazole rings is 1. The van der Waals surface area contributed by atoms with Crippen molar-refractivity contribution in [1.29, 1.82) is 0 Å². The van der Waals surface area contributed by atoms with Crippen LogP contribution in [0.15, 0.2) is 35.8 Å². The number of hydrogen-bond acceptors (Lipinski definition) is 4. The molecular weight excluding hydrogens is 493 g/mol. The lowest BCUT2D eigenvalue weighted by Gasteiger charge is -2.39. The molecule has 0 saturated carbocycles. The molecule has 1 fully saturated rings. The maximum Gasteiger partial charge on any atom is 0.231 e. The molecule has 152 valence electrons. The van der Waals surface area contributed by atoms with Crippen LogP contribution in [0.25, 0.3) is 0 Å². The Hall–Kier alpha value is -1.68. The molecule has 28 heavy (non-hydrogen) atoms. The molecule has 0 amide bonds. The molecule has 1 aromatic heterocycles. The van der Waals surface area contributed by atoms with Crippen LogP contribution in [0.4, 0.5) is 0 Å². The number of hydrogen-bond donors (Lipinski definition) is 1. The van der Waals surface area contributed by atoms with E-state index in [1.165, 1.54) is 0 Å². The second kappa shape index (κ2) is 9.21. The number of likely N-dealkylation sites (tertiary alicyclic amines) is 1. The molecule has 9 heteroatoms. The van der Waals surface area contributed by atoms with E-state index >= 15 is 0 Å². The maximum absolute atomic E-state index is 6.28. The number of guanidine groups is 1. The summed E-state index contributed by atoms with van der Waals surface area (Å²) in [4.78, 5) is 11.0. The van der Waals surface area contributed by atoms with Gasteiger partial charge < -0.3 is 24.3 Å². The van der Waals surface area contributed by atoms with Crippen molar-refractivity contribution in [2.24, 2.45) is 10.9 Å². The Balaban J connectivity index is 0.00000225. The largest absolute Gasteiger partial charge is 0.454 e. The van der Waals surface area contributed by atoms with Crippen molar-refractivity contribution < 1.29 is 9.47 Å². The highest BCUT2D eigenvalue weighted by atomic mass is 127. The summed E-state index contributed by atoms with van der Waals surface area (Å²) in [6.07, 6.45) is 6.88. The average molecular weight is 518 g/mol. The molecule has 2 atom stereocenters. The Morgan fingerprint density at radius 3 is 3.00 bits per heavy atom. The lowest BCUT2D eigenvalue weighted by molar-refractivity contribution is 0.174. The van der Waals surface area contributed by atoms with Crippen molar-refractivity contribution in [1.82, 2.24) is 19.8 Å². The Morgan fingerprint density at radius 2 is 2.25 bits per heavy atom. The number of halogens is 2. The first-order chi connectivity index (χ1) is 13.2. The van der Waals surface area contributed by atoms with E-state index in [0.717, 1.165) is 31.0 Å². The lowest BCUT2D eigenvalue weighted by atomic mass is 9.93. The number of aromatic nitrogens is 2. The van der Waals surface area contributed by atoms with E-state index in [-0.39, 0.29) is 30.8 Å². The highest BCUT2D eigenvalue weighted by molar-refractivity contribution is 14.0. The summed E-state index contributed by atoms with van der Waals surface area (Å²) in [6.45, 7) is 5.01. The van der Waals surface area contributed by atoms with Gasteiger partial charge in [-0.3, -0.25) is 4.99 Å². The standard InChI is InChI=1S/C19H24ClN5O2.HI/c1-13-3-5-24(10-16(13)25-6-4-22-11-25)19(21-2)23-9-14-7-15(20)18-17(8-14)26-12-27-18;/h4,6-8,11,13,16H,3,5,9-10,12H2,1-2H3,(H,21,23);1H. The van der Waals surface area contributed by atoms with E-state index < -0.39 is 0 Å². The summed E-state index contributed by atoms with van der Waals surface area (Å²) < 4.78 is 13.0. The molecule has 0 aliphatic carbocycles. The minimum Gasteiger partial charge on any atom is -0.454 e. The number of benzene rings is 1. The van der Waals surface area contributed by atoms with Gasteiger partial charge in [0.1, 0.15) is 0 Å². The molecule has 1 saturated heterocycles. The molecular formula is C19H25ClIN5O2. The minimum atomic E-state index is 0. The number of nitrogens with zero attached hydrogens (tertiary/aromatic N) is 4. The Labute approximate surface area is 187 Å². The number of ether oxygens (including phenoxy) is 2. The highest BCUT2D eigenvalue weighted by Gasteiger charge is 2.29. The van der Waals surface area contributed by atoms with Crippen molar-refractivity contribution in [3.63, 3.8) is 0 Å². The van der Waals surface area contributed by atoms with Crippen molar-refractivity contribution in [3.05, 3.63) is 41.4 Å². The monoisotopic (exact) mass is 517 g/mol. The van der Waals surface area contributed by atoms with Gasteiger partial charge in [-0.25, -0.2) is 4.98 Å². The third-order valence-electron chi connectivity index (χ3n) is 5.28. The summed E-state index contributed by atoms with van der Waals surface area (Å²) in [5.74, 6) is 2.81. The molecule has 1 aromatic carbocycles. The molecule has 7 nitrogen and oxygen atoms in total. The van der Waals surface area contributed by atoms with Gasteiger partial charge in [-0.1, -0.05) is 18.5 Å². The number of piperidine rings is 1. The van der Waals surface area contributed by atoms with Gasteiger partial charge >= 0.3 is 0 Å². The predicted octanol–water partition coefficient (Wildman–Crippen LogP) is 3.54. The smallest absolute Gasteiger partial charge is 0.231 e. The number of rotatable bonds is 3. The first-order valence-electron chi connectivity index (χ1n) is 9.16. The second-order valence-electron chi connectivity index (χ2n) is 7.00. The van der Waals surface area contributed by atoms with Crippen LogP contribution in [0.5, 0.6) is 11.5 Å². The van der Waals surface area contributed by atoms with Crippen LogP contribution < -0.4 is 14.8 Å². The fourth-order valence-corrected chi connectivity index (χ4v) is 4.02. The Bertz CT molecular complexity index is 830. The van der Waals surface area contributed by atoms with E-state index in [1.807, 2.05) is 37.9 Å². The Morgan fingerprint density at radius 1 is 1.39 bits per heavy atom. The minimum absolute atomic E-state index is 0. The molecule has 1 N–H and O–H groups in total. The second-order valence-corrected chi connectivity index (χ2v) is 7.41. The fourth-order valence-electron chi connectivity index (χ4n) is 3.73. The predicted molar refractivity (Wildman–Crippen MR) is 120 cm³/mol. The summed E-state index contributed by atoms with van der Waals surface area (Å²) in [6, 6.07) is 4.25. The van der Waals surface area contributed by atoms with Crippen LogP contribution in [0.1, 0.15) is 24.9 Å². The lowest BCUT2D eigenvalue weighted by Crippen LogP contribution is -2.48. The topological polar surface area (TPSA) is 63.9 Å². The van der Waals surface area contributed by atoms with Crippen LogP contribution in [-0.2, 0) is 6.54 Å². The summed E-state index contributed by atoms with van der Waals surface area (Å²) in [7, 11) is 1.82. The van der Waals surface area contributed by atoms with E-state index in [2.05, 4.69) is 31.7 Å². The van der Waals surface area contributed by atoms with Gasteiger partial charge in [-0.05, 0) is 30.0 Å². The zero-order valence-electron chi connectivity index (χ0n) is 16.0. The number of aliphatic imine (C=N–C) groups is 1. The first-order valence-corrected chi connectivity index (χ1v) is 9.54.